The summed E-state index contributed by atoms with van der Waals surface area (Å²) < 4.78 is 1.80. The van der Waals surface area contributed by atoms with Crippen LogP contribution >= 0.6 is 0 Å². The Morgan fingerprint density at radius 1 is 1.40 bits per heavy atom. The summed E-state index contributed by atoms with van der Waals surface area (Å²) in [5.74, 6) is -0.971. The zero-order valence-electron chi connectivity index (χ0n) is 11.3. The van der Waals surface area contributed by atoms with E-state index >= 15 is 0 Å². The predicted octanol–water partition coefficient (Wildman–Crippen LogP) is 2.84. The number of nitrogens with zero attached hydrogens (tertiary/aromatic N) is 2. The number of hydrogen-bond acceptors (Lipinski definition) is 3. The van der Waals surface area contributed by atoms with Gasteiger partial charge < -0.3 is 10.4 Å². The van der Waals surface area contributed by atoms with E-state index in [4.69, 9.17) is 5.11 Å². The molecule has 0 aliphatic carbocycles. The van der Waals surface area contributed by atoms with Crippen molar-refractivity contribution in [1.82, 2.24) is 9.78 Å². The number of carboxylic acids is 1. The largest absolute Gasteiger partial charge is 0.476 e. The second kappa shape index (κ2) is 5.00. The first-order valence-electron chi connectivity index (χ1n) is 6.78. The Morgan fingerprint density at radius 2 is 2.15 bits per heavy atom. The number of aromatic nitrogens is 2. The number of hydrogen-bond donors (Lipinski definition) is 2. The number of carboxylic acid groups (broad SMARTS) is 1. The van der Waals surface area contributed by atoms with E-state index in [-0.39, 0.29) is 11.7 Å². The van der Waals surface area contributed by atoms with Gasteiger partial charge in [0.15, 0.2) is 5.69 Å². The van der Waals surface area contributed by atoms with Crippen LogP contribution in [0.2, 0.25) is 0 Å². The molecule has 0 spiro atoms. The molecule has 104 valence electrons. The van der Waals surface area contributed by atoms with Crippen LogP contribution < -0.4 is 5.32 Å². The summed E-state index contributed by atoms with van der Waals surface area (Å²) in [7, 11) is 0. The molecule has 2 heterocycles. The minimum absolute atomic E-state index is 0.118. The fourth-order valence-electron chi connectivity index (χ4n) is 2.59. The van der Waals surface area contributed by atoms with E-state index in [0.717, 1.165) is 30.8 Å². The predicted molar refractivity (Wildman–Crippen MR) is 76.0 cm³/mol. The molecule has 1 aromatic heterocycles. The Bertz CT molecular complexity index is 631. The van der Waals surface area contributed by atoms with Gasteiger partial charge in [-0.3, -0.25) is 4.68 Å². The summed E-state index contributed by atoms with van der Waals surface area (Å²) in [6, 6.07) is 10.0. The molecule has 0 fully saturated rings. The molecule has 0 bridgehead atoms. The molecule has 1 aliphatic rings. The van der Waals surface area contributed by atoms with Crippen LogP contribution in [-0.4, -0.2) is 20.9 Å². The van der Waals surface area contributed by atoms with Gasteiger partial charge in [-0.2, -0.15) is 5.10 Å². The summed E-state index contributed by atoms with van der Waals surface area (Å²) in [6.45, 7) is 2.84. The second-order valence-corrected chi connectivity index (χ2v) is 5.19. The Balaban J connectivity index is 1.85. The van der Waals surface area contributed by atoms with Gasteiger partial charge in [0.25, 0.3) is 0 Å². The highest BCUT2D eigenvalue weighted by atomic mass is 16.4. The highest BCUT2D eigenvalue weighted by Crippen LogP contribution is 2.29. The van der Waals surface area contributed by atoms with Gasteiger partial charge in [0.05, 0.1) is 11.7 Å². The van der Waals surface area contributed by atoms with Crippen molar-refractivity contribution in [3.63, 3.8) is 0 Å². The molecule has 1 aliphatic heterocycles. The summed E-state index contributed by atoms with van der Waals surface area (Å²) >= 11 is 0. The number of rotatable bonds is 3. The smallest absolute Gasteiger partial charge is 0.356 e. The van der Waals surface area contributed by atoms with E-state index in [9.17, 15) is 4.79 Å². The third-order valence-corrected chi connectivity index (χ3v) is 3.64. The van der Waals surface area contributed by atoms with Crippen molar-refractivity contribution < 1.29 is 9.90 Å². The van der Waals surface area contributed by atoms with Gasteiger partial charge in [-0.25, -0.2) is 4.79 Å². The van der Waals surface area contributed by atoms with Gasteiger partial charge in [-0.15, -0.1) is 0 Å². The lowest BCUT2D eigenvalue weighted by atomic mass is 10.0. The molecule has 2 aromatic rings. The number of benzene rings is 1. The third-order valence-electron chi connectivity index (χ3n) is 3.64. The fourth-order valence-corrected chi connectivity index (χ4v) is 2.59. The van der Waals surface area contributed by atoms with Gasteiger partial charge in [-0.05, 0) is 38.0 Å². The first kappa shape index (κ1) is 12.7. The second-order valence-electron chi connectivity index (χ2n) is 5.19. The van der Waals surface area contributed by atoms with Crippen LogP contribution in [0.25, 0.3) is 0 Å². The molecule has 5 heteroatoms. The Morgan fingerprint density at radius 3 is 2.85 bits per heavy atom. The van der Waals surface area contributed by atoms with Crippen LogP contribution in [0.1, 0.15) is 40.6 Å². The van der Waals surface area contributed by atoms with Crippen molar-refractivity contribution in [2.24, 2.45) is 0 Å². The zero-order chi connectivity index (χ0) is 14.1. The van der Waals surface area contributed by atoms with Crippen LogP contribution in [0.15, 0.2) is 30.3 Å². The van der Waals surface area contributed by atoms with E-state index in [1.807, 2.05) is 12.1 Å². The van der Waals surface area contributed by atoms with Crippen molar-refractivity contribution in [2.45, 2.75) is 32.4 Å². The Hall–Kier alpha value is -2.30. The number of anilines is 1. The monoisotopic (exact) mass is 271 g/mol. The first-order valence-corrected chi connectivity index (χ1v) is 6.78. The lowest BCUT2D eigenvalue weighted by Gasteiger charge is -2.25. The van der Waals surface area contributed by atoms with E-state index in [2.05, 4.69) is 29.5 Å². The molecular weight excluding hydrogens is 254 g/mol. The van der Waals surface area contributed by atoms with Gasteiger partial charge >= 0.3 is 5.97 Å². The number of carbonyl (C=O) groups is 1. The highest BCUT2D eigenvalue weighted by Gasteiger charge is 2.24. The average Bonchev–Trinajstić information content (AvgIpc) is 2.87. The summed E-state index contributed by atoms with van der Waals surface area (Å²) in [5, 5.41) is 16.6. The summed E-state index contributed by atoms with van der Waals surface area (Å²) in [6.07, 6.45) is 1.98. The zero-order valence-corrected chi connectivity index (χ0v) is 11.3. The van der Waals surface area contributed by atoms with Gasteiger partial charge in [0, 0.05) is 12.2 Å². The average molecular weight is 271 g/mol. The molecule has 1 aromatic carbocycles. The van der Waals surface area contributed by atoms with Crippen molar-refractivity contribution in [3.05, 3.63) is 47.3 Å². The highest BCUT2D eigenvalue weighted by molar-refractivity contribution is 5.85. The van der Waals surface area contributed by atoms with Gasteiger partial charge in [-0.1, -0.05) is 17.7 Å². The molecular formula is C15H17N3O2. The molecule has 20 heavy (non-hydrogen) atoms. The minimum Gasteiger partial charge on any atom is -0.476 e. The topological polar surface area (TPSA) is 67.2 Å². The number of aryl methyl sites for hydroxylation is 2. The van der Waals surface area contributed by atoms with E-state index in [0.29, 0.717) is 0 Å². The maximum atomic E-state index is 11.0. The molecule has 3 rings (SSSR count). The van der Waals surface area contributed by atoms with E-state index in [1.54, 1.807) is 10.7 Å². The maximum absolute atomic E-state index is 11.0. The van der Waals surface area contributed by atoms with E-state index in [1.165, 1.54) is 5.56 Å². The third kappa shape index (κ3) is 2.39. The van der Waals surface area contributed by atoms with Gasteiger partial charge in [0.1, 0.15) is 0 Å². The fraction of sp³-hybridized carbons (Fsp3) is 0.333. The normalized spacial score (nSPS) is 17.6. The van der Waals surface area contributed by atoms with E-state index < -0.39 is 5.97 Å². The van der Waals surface area contributed by atoms with Gasteiger partial charge in [0.2, 0.25) is 0 Å². The van der Waals surface area contributed by atoms with Crippen LogP contribution in [-0.2, 0) is 6.54 Å². The number of aromatic carboxylic acids is 1. The molecule has 0 radical (unpaired) electrons. The molecule has 2 N–H and O–H groups in total. The quantitative estimate of drug-likeness (QED) is 0.900. The summed E-state index contributed by atoms with van der Waals surface area (Å²) in [5.41, 5.74) is 3.34. The van der Waals surface area contributed by atoms with Crippen LogP contribution in [0.3, 0.4) is 0 Å². The Kier molecular flexibility index (Phi) is 3.18. The van der Waals surface area contributed by atoms with Crippen LogP contribution in [0.5, 0.6) is 0 Å². The standard InChI is InChI=1S/C15H17N3O2/c1-10-4-6-11(7-5-10)16-12-3-2-8-18-14(12)9-13(17-18)15(19)20/h4-7,9,12,16H,2-3,8H2,1H3,(H,19,20)/t12-/m1/s1. The first-order chi connectivity index (χ1) is 9.63. The van der Waals surface area contributed by atoms with Crippen molar-refractivity contribution in [2.75, 3.05) is 5.32 Å². The molecule has 5 nitrogen and oxygen atoms in total. The number of nitrogens with one attached hydrogen (secondary N) is 1. The van der Waals surface area contributed by atoms with Crippen molar-refractivity contribution >= 4 is 11.7 Å². The molecule has 0 unspecified atom stereocenters. The van der Waals surface area contributed by atoms with Crippen LogP contribution in [0.4, 0.5) is 5.69 Å². The molecule has 0 amide bonds. The lowest BCUT2D eigenvalue weighted by molar-refractivity contribution is 0.0689. The van der Waals surface area contributed by atoms with Crippen molar-refractivity contribution in [1.29, 1.82) is 0 Å². The lowest BCUT2D eigenvalue weighted by Crippen LogP contribution is -2.21. The SMILES string of the molecule is Cc1ccc(N[C@@H]2CCCn3nc(C(=O)O)cc32)cc1. The molecule has 0 saturated heterocycles. The number of fused-ring (bicyclic) bond motifs is 1. The maximum Gasteiger partial charge on any atom is 0.356 e. The minimum atomic E-state index is -0.971. The molecule has 1 atom stereocenters. The summed E-state index contributed by atoms with van der Waals surface area (Å²) in [4.78, 5) is 11.0. The van der Waals surface area contributed by atoms with Crippen LogP contribution in [0, 0.1) is 6.92 Å². The Labute approximate surface area is 117 Å². The van der Waals surface area contributed by atoms with Crippen molar-refractivity contribution in [3.8, 4) is 0 Å². The molecule has 0 saturated carbocycles.